The Morgan fingerprint density at radius 3 is 2.23 bits per heavy atom. The van der Waals surface area contributed by atoms with E-state index in [1.165, 1.54) is 57.4 Å². The number of rotatable bonds is 15. The molecule has 0 fully saturated rings. The third kappa shape index (κ3) is 6.79. The van der Waals surface area contributed by atoms with E-state index in [1.807, 2.05) is 42.5 Å². The van der Waals surface area contributed by atoms with Gasteiger partial charge in [-0.1, -0.05) is 101 Å². The summed E-state index contributed by atoms with van der Waals surface area (Å²) in [6, 6.07) is 14.8. The lowest BCUT2D eigenvalue weighted by Gasteiger charge is -2.14. The van der Waals surface area contributed by atoms with E-state index in [4.69, 9.17) is 5.11 Å². The van der Waals surface area contributed by atoms with Crippen LogP contribution < -0.4 is 10.2 Å². The van der Waals surface area contributed by atoms with Crippen molar-refractivity contribution in [1.82, 2.24) is 10.0 Å². The fourth-order valence-electron chi connectivity index (χ4n) is 5.73. The third-order valence-corrected chi connectivity index (χ3v) is 7.72. The molecule has 1 heterocycles. The van der Waals surface area contributed by atoms with Crippen LogP contribution in [0.5, 0.6) is 11.8 Å². The SMILES string of the molecule is CCCCCCCCCCCCNC(=O)c1cccc2c1-c1ccccc1C2Cc1cc(O)n(OC(=O)O)c1O. The molecule has 0 saturated carbocycles. The Morgan fingerprint density at radius 1 is 0.875 bits per heavy atom. The maximum absolute atomic E-state index is 13.3. The molecule has 8 heteroatoms. The average Bonchev–Trinajstić information content (AvgIpc) is 3.40. The Kier molecular flexibility index (Phi) is 10.1. The van der Waals surface area contributed by atoms with Crippen molar-refractivity contribution in [3.05, 3.63) is 70.8 Å². The van der Waals surface area contributed by atoms with E-state index < -0.39 is 17.9 Å². The van der Waals surface area contributed by atoms with Crippen LogP contribution in [0, 0.1) is 0 Å². The molecule has 1 aliphatic carbocycles. The number of carboxylic acid groups (broad SMARTS) is 1. The van der Waals surface area contributed by atoms with E-state index in [-0.39, 0.29) is 18.2 Å². The Bertz CT molecular complexity index is 1310. The molecule has 4 rings (SSSR count). The minimum atomic E-state index is -1.65. The number of hydrogen-bond donors (Lipinski definition) is 4. The molecule has 1 aromatic heterocycles. The van der Waals surface area contributed by atoms with Crippen molar-refractivity contribution in [2.24, 2.45) is 0 Å². The van der Waals surface area contributed by atoms with Crippen LogP contribution in [0.1, 0.15) is 104 Å². The van der Waals surface area contributed by atoms with Crippen molar-refractivity contribution in [3.63, 3.8) is 0 Å². The molecule has 0 saturated heterocycles. The lowest BCUT2D eigenvalue weighted by atomic mass is 9.90. The van der Waals surface area contributed by atoms with Gasteiger partial charge >= 0.3 is 6.16 Å². The van der Waals surface area contributed by atoms with Crippen LogP contribution in [0.3, 0.4) is 0 Å². The van der Waals surface area contributed by atoms with Crippen molar-refractivity contribution < 1.29 is 29.7 Å². The van der Waals surface area contributed by atoms with Gasteiger partial charge in [-0.3, -0.25) is 9.63 Å². The van der Waals surface area contributed by atoms with Crippen LogP contribution in [0.4, 0.5) is 4.79 Å². The first kappa shape index (κ1) is 29.1. The van der Waals surface area contributed by atoms with Gasteiger partial charge in [0.2, 0.25) is 11.8 Å². The number of nitrogens with zero attached hydrogens (tertiary/aromatic N) is 1. The fraction of sp³-hybridized carbons (Fsp3) is 0.438. The van der Waals surface area contributed by atoms with Gasteiger partial charge in [-0.25, -0.2) is 4.79 Å². The number of benzene rings is 2. The molecular formula is C32H40N2O6. The Labute approximate surface area is 235 Å². The van der Waals surface area contributed by atoms with Crippen molar-refractivity contribution >= 4 is 12.1 Å². The highest BCUT2D eigenvalue weighted by molar-refractivity contribution is 6.03. The minimum Gasteiger partial charge on any atom is -0.492 e. The highest BCUT2D eigenvalue weighted by Gasteiger charge is 2.33. The van der Waals surface area contributed by atoms with E-state index in [9.17, 15) is 19.8 Å². The summed E-state index contributed by atoms with van der Waals surface area (Å²) >= 11 is 0. The smallest absolute Gasteiger partial charge is 0.492 e. The molecule has 1 aliphatic rings. The van der Waals surface area contributed by atoms with Gasteiger partial charge in [0.05, 0.1) is 0 Å². The maximum Gasteiger partial charge on any atom is 0.531 e. The maximum atomic E-state index is 13.3. The molecule has 2 aromatic carbocycles. The van der Waals surface area contributed by atoms with Gasteiger partial charge < -0.3 is 20.6 Å². The second kappa shape index (κ2) is 13.9. The molecule has 40 heavy (non-hydrogen) atoms. The van der Waals surface area contributed by atoms with Crippen LogP contribution in [-0.2, 0) is 6.42 Å². The summed E-state index contributed by atoms with van der Waals surface area (Å²) in [5.74, 6) is -1.30. The predicted molar refractivity (Wildman–Crippen MR) is 154 cm³/mol. The lowest BCUT2D eigenvalue weighted by molar-refractivity contribution is 0.0642. The normalized spacial score (nSPS) is 13.6. The Morgan fingerprint density at radius 2 is 1.52 bits per heavy atom. The molecule has 1 amide bonds. The number of amides is 1. The monoisotopic (exact) mass is 548 g/mol. The summed E-state index contributed by atoms with van der Waals surface area (Å²) in [5.41, 5.74) is 4.71. The number of carbonyl (C=O) groups is 2. The van der Waals surface area contributed by atoms with Gasteiger partial charge in [-0.05, 0) is 41.2 Å². The van der Waals surface area contributed by atoms with E-state index in [0.717, 1.165) is 35.1 Å². The third-order valence-electron chi connectivity index (χ3n) is 7.72. The van der Waals surface area contributed by atoms with Crippen molar-refractivity contribution in [2.45, 2.75) is 83.5 Å². The van der Waals surface area contributed by atoms with Crippen LogP contribution in [0.15, 0.2) is 48.5 Å². The molecule has 3 aromatic rings. The number of fused-ring (bicyclic) bond motifs is 3. The van der Waals surface area contributed by atoms with Gasteiger partial charge in [-0.2, -0.15) is 0 Å². The zero-order valence-corrected chi connectivity index (χ0v) is 23.2. The molecule has 8 nitrogen and oxygen atoms in total. The summed E-state index contributed by atoms with van der Waals surface area (Å²) in [6.45, 7) is 2.87. The molecule has 214 valence electrons. The van der Waals surface area contributed by atoms with E-state index in [2.05, 4.69) is 17.1 Å². The average molecular weight is 549 g/mol. The van der Waals surface area contributed by atoms with Crippen LogP contribution in [0.25, 0.3) is 11.1 Å². The first-order chi connectivity index (χ1) is 19.4. The van der Waals surface area contributed by atoms with Crippen molar-refractivity contribution in [3.8, 4) is 22.9 Å². The molecule has 0 bridgehead atoms. The largest absolute Gasteiger partial charge is 0.531 e. The lowest BCUT2D eigenvalue weighted by Crippen LogP contribution is -2.25. The van der Waals surface area contributed by atoms with Gasteiger partial charge in [0, 0.05) is 29.7 Å². The summed E-state index contributed by atoms with van der Waals surface area (Å²) in [7, 11) is 0. The van der Waals surface area contributed by atoms with Gasteiger partial charge in [0.15, 0.2) is 0 Å². The van der Waals surface area contributed by atoms with E-state index in [1.54, 1.807) is 0 Å². The van der Waals surface area contributed by atoms with Gasteiger partial charge in [0.1, 0.15) is 0 Å². The van der Waals surface area contributed by atoms with Crippen molar-refractivity contribution in [2.75, 3.05) is 6.54 Å². The number of hydrogen-bond acceptors (Lipinski definition) is 5. The summed E-state index contributed by atoms with van der Waals surface area (Å²) in [5, 5.41) is 32.7. The van der Waals surface area contributed by atoms with Crippen LogP contribution in [0.2, 0.25) is 0 Å². The number of carbonyl (C=O) groups excluding carboxylic acids is 1. The number of nitrogens with one attached hydrogen (secondary N) is 1. The molecule has 4 N–H and O–H groups in total. The number of aromatic hydroxyl groups is 2. The number of aromatic nitrogens is 1. The van der Waals surface area contributed by atoms with E-state index in [0.29, 0.717) is 22.4 Å². The molecule has 0 spiro atoms. The second-order valence-corrected chi connectivity index (χ2v) is 10.6. The Balaban J connectivity index is 1.40. The zero-order chi connectivity index (χ0) is 28.5. The fourth-order valence-corrected chi connectivity index (χ4v) is 5.73. The van der Waals surface area contributed by atoms with Crippen LogP contribution >= 0.6 is 0 Å². The van der Waals surface area contributed by atoms with Gasteiger partial charge in [0.25, 0.3) is 5.91 Å². The van der Waals surface area contributed by atoms with Crippen LogP contribution in [-0.4, -0.2) is 38.7 Å². The zero-order valence-electron chi connectivity index (χ0n) is 23.2. The highest BCUT2D eigenvalue weighted by atomic mass is 16.8. The quantitative estimate of drug-likeness (QED) is 0.152. The predicted octanol–water partition coefficient (Wildman–Crippen LogP) is 7.01. The summed E-state index contributed by atoms with van der Waals surface area (Å²) in [6.07, 6.45) is 11.0. The van der Waals surface area contributed by atoms with E-state index >= 15 is 0 Å². The first-order valence-electron chi connectivity index (χ1n) is 14.5. The minimum absolute atomic E-state index is 0.107. The first-order valence-corrected chi connectivity index (χ1v) is 14.5. The standard InChI is InChI=1S/C32H40N2O6/c1-2-3-4-5-6-7-8-9-10-13-19-33-30(36)26-18-14-17-25-27(23-15-11-12-16-24(23)29(25)26)20-22-21-28(35)34(31(22)37)40-32(38)39/h11-12,14-18,21,27,35,37H,2-10,13,19-20H2,1H3,(H,33,36)(H,38,39). The molecule has 1 atom stereocenters. The topological polar surface area (TPSA) is 121 Å². The van der Waals surface area contributed by atoms with Gasteiger partial charge in [-0.15, -0.1) is 4.73 Å². The summed E-state index contributed by atoms with van der Waals surface area (Å²) < 4.78 is 0.483. The molecule has 0 aliphatic heterocycles. The second-order valence-electron chi connectivity index (χ2n) is 10.6. The summed E-state index contributed by atoms with van der Waals surface area (Å²) in [4.78, 5) is 28.7. The molecule has 0 radical (unpaired) electrons. The molecule has 1 unspecified atom stereocenters. The molecular weight excluding hydrogens is 508 g/mol. The van der Waals surface area contributed by atoms with Crippen molar-refractivity contribution in [1.29, 1.82) is 0 Å². The Hall–Kier alpha value is -3.94. The number of unbranched alkanes of at least 4 members (excludes halogenated alkanes) is 9. The highest BCUT2D eigenvalue weighted by Crippen LogP contribution is 2.48.